The van der Waals surface area contributed by atoms with Crippen molar-refractivity contribution >= 4 is 11.4 Å². The van der Waals surface area contributed by atoms with E-state index in [1.165, 1.54) is 4.80 Å². The van der Waals surface area contributed by atoms with E-state index in [4.69, 9.17) is 0 Å². The van der Waals surface area contributed by atoms with Gasteiger partial charge in [0.25, 0.3) is 0 Å². The number of nitrogens with zero attached hydrogens (tertiary/aromatic N) is 4. The Morgan fingerprint density at radius 1 is 1.36 bits per heavy atom. The molecule has 0 aromatic carbocycles. The number of ketones is 1. The molecule has 5 heteroatoms. The zero-order valence-corrected chi connectivity index (χ0v) is 8.10. The van der Waals surface area contributed by atoms with Crippen LogP contribution in [0.25, 0.3) is 5.57 Å². The monoisotopic (exact) mass is 192 g/mol. The minimum absolute atomic E-state index is 0.171. The molecule has 0 spiro atoms. The van der Waals surface area contributed by atoms with E-state index in [9.17, 15) is 4.79 Å². The minimum atomic E-state index is 0.171. The van der Waals surface area contributed by atoms with Crippen molar-refractivity contribution in [3.63, 3.8) is 0 Å². The maximum Gasteiger partial charge on any atom is 0.201 e. The first-order valence-electron chi connectivity index (χ1n) is 4.73. The van der Waals surface area contributed by atoms with Crippen LogP contribution < -0.4 is 0 Å². The van der Waals surface area contributed by atoms with E-state index in [1.807, 2.05) is 0 Å². The fourth-order valence-electron chi connectivity index (χ4n) is 1.54. The van der Waals surface area contributed by atoms with Gasteiger partial charge in [0.2, 0.25) is 5.82 Å². The van der Waals surface area contributed by atoms with E-state index in [1.54, 1.807) is 13.1 Å². The third-order valence-corrected chi connectivity index (χ3v) is 2.25. The van der Waals surface area contributed by atoms with Crippen LogP contribution in [-0.2, 0) is 11.8 Å². The van der Waals surface area contributed by atoms with Crippen LogP contribution in [-0.4, -0.2) is 26.0 Å². The lowest BCUT2D eigenvalue weighted by Gasteiger charge is -1.96. The number of aryl methyl sites for hydroxylation is 1. The normalized spacial score (nSPS) is 17.8. The number of hydrogen-bond donors (Lipinski definition) is 0. The first kappa shape index (κ1) is 9.05. The minimum Gasteiger partial charge on any atom is -0.295 e. The van der Waals surface area contributed by atoms with Gasteiger partial charge < -0.3 is 0 Å². The summed E-state index contributed by atoms with van der Waals surface area (Å²) < 4.78 is 0. The first-order valence-corrected chi connectivity index (χ1v) is 4.73. The molecule has 0 aliphatic heterocycles. The fraction of sp³-hybridized carbons (Fsp3) is 0.556. The highest BCUT2D eigenvalue weighted by atomic mass is 16.1. The molecule has 2 rings (SSSR count). The van der Waals surface area contributed by atoms with Gasteiger partial charge in [-0.3, -0.25) is 4.79 Å². The van der Waals surface area contributed by atoms with Crippen LogP contribution in [0.3, 0.4) is 0 Å². The highest BCUT2D eigenvalue weighted by Crippen LogP contribution is 2.21. The Hall–Kier alpha value is -1.52. The van der Waals surface area contributed by atoms with Gasteiger partial charge in [-0.1, -0.05) is 0 Å². The number of aromatic nitrogens is 4. The van der Waals surface area contributed by atoms with Crippen molar-refractivity contribution in [3.8, 4) is 0 Å². The van der Waals surface area contributed by atoms with Gasteiger partial charge in [0.1, 0.15) is 0 Å². The molecule has 5 nitrogen and oxygen atoms in total. The molecule has 1 aliphatic rings. The van der Waals surface area contributed by atoms with E-state index >= 15 is 0 Å². The van der Waals surface area contributed by atoms with Gasteiger partial charge >= 0.3 is 0 Å². The molecule has 1 aliphatic carbocycles. The molecule has 74 valence electrons. The van der Waals surface area contributed by atoms with Crippen molar-refractivity contribution in [3.05, 3.63) is 11.9 Å². The van der Waals surface area contributed by atoms with Crippen LogP contribution in [0.4, 0.5) is 0 Å². The highest BCUT2D eigenvalue weighted by Gasteiger charge is 2.13. The zero-order valence-electron chi connectivity index (χ0n) is 8.10. The summed E-state index contributed by atoms with van der Waals surface area (Å²) in [6.45, 7) is 0. The summed E-state index contributed by atoms with van der Waals surface area (Å²) in [5.41, 5.74) is 0.917. The van der Waals surface area contributed by atoms with E-state index in [0.29, 0.717) is 12.2 Å². The van der Waals surface area contributed by atoms with Gasteiger partial charge in [-0.25, -0.2) is 0 Å². The summed E-state index contributed by atoms with van der Waals surface area (Å²) >= 11 is 0. The van der Waals surface area contributed by atoms with Crippen molar-refractivity contribution in [2.24, 2.45) is 7.05 Å². The molecule has 1 aromatic heterocycles. The van der Waals surface area contributed by atoms with Gasteiger partial charge in [-0.05, 0) is 30.6 Å². The second-order valence-corrected chi connectivity index (χ2v) is 3.45. The second kappa shape index (κ2) is 3.69. The number of carbonyl (C=O) groups excluding carboxylic acids is 1. The Labute approximate surface area is 81.8 Å². The lowest BCUT2D eigenvalue weighted by atomic mass is 10.1. The fourth-order valence-corrected chi connectivity index (χ4v) is 1.54. The Balaban J connectivity index is 2.28. The van der Waals surface area contributed by atoms with E-state index in [2.05, 4.69) is 15.4 Å². The molecule has 0 N–H and O–H groups in total. The van der Waals surface area contributed by atoms with E-state index in [0.717, 1.165) is 24.8 Å². The number of carbonyl (C=O) groups is 1. The van der Waals surface area contributed by atoms with Crippen molar-refractivity contribution in [2.45, 2.75) is 25.7 Å². The average Bonchev–Trinajstić information content (AvgIpc) is 2.45. The van der Waals surface area contributed by atoms with Crippen molar-refractivity contribution in [1.82, 2.24) is 20.2 Å². The molecule has 14 heavy (non-hydrogen) atoms. The van der Waals surface area contributed by atoms with Crippen LogP contribution in [0.2, 0.25) is 0 Å². The Morgan fingerprint density at radius 3 is 2.86 bits per heavy atom. The van der Waals surface area contributed by atoms with Crippen LogP contribution >= 0.6 is 0 Å². The molecule has 1 aromatic rings. The second-order valence-electron chi connectivity index (χ2n) is 3.45. The molecular formula is C9H12N4O. The molecule has 0 saturated carbocycles. The Bertz CT molecular complexity index is 380. The predicted octanol–water partition coefficient (Wildman–Crippen LogP) is 0.737. The molecule has 0 atom stereocenters. The van der Waals surface area contributed by atoms with Gasteiger partial charge in [0.05, 0.1) is 7.05 Å². The SMILES string of the molecule is Cn1nnc(C2=CC(=O)CCCC2)n1. The largest absolute Gasteiger partial charge is 0.295 e. The summed E-state index contributed by atoms with van der Waals surface area (Å²) in [5, 5.41) is 11.7. The predicted molar refractivity (Wildman–Crippen MR) is 50.3 cm³/mol. The average molecular weight is 192 g/mol. The van der Waals surface area contributed by atoms with Gasteiger partial charge in [-0.2, -0.15) is 4.80 Å². The highest BCUT2D eigenvalue weighted by molar-refractivity contribution is 5.96. The molecule has 0 radical (unpaired) electrons. The standard InChI is InChI=1S/C9H12N4O/c1-13-11-9(10-12-13)7-4-2-3-5-8(14)6-7/h6H,2-5H2,1H3. The van der Waals surface area contributed by atoms with Gasteiger partial charge in [-0.15, -0.1) is 10.2 Å². The van der Waals surface area contributed by atoms with E-state index in [-0.39, 0.29) is 5.78 Å². The zero-order chi connectivity index (χ0) is 9.97. The summed E-state index contributed by atoms with van der Waals surface area (Å²) in [6.07, 6.45) is 5.15. The van der Waals surface area contributed by atoms with Crippen molar-refractivity contribution in [1.29, 1.82) is 0 Å². The number of allylic oxidation sites excluding steroid dienone is 2. The third-order valence-electron chi connectivity index (χ3n) is 2.25. The maximum atomic E-state index is 11.3. The molecule has 0 fully saturated rings. The Morgan fingerprint density at radius 2 is 2.14 bits per heavy atom. The molecule has 0 saturated heterocycles. The van der Waals surface area contributed by atoms with Crippen molar-refractivity contribution in [2.75, 3.05) is 0 Å². The summed E-state index contributed by atoms with van der Waals surface area (Å²) in [5.74, 6) is 0.757. The van der Waals surface area contributed by atoms with Crippen LogP contribution in [0.1, 0.15) is 31.5 Å². The quantitative estimate of drug-likeness (QED) is 0.658. The lowest BCUT2D eigenvalue weighted by molar-refractivity contribution is -0.114. The molecule has 1 heterocycles. The third kappa shape index (κ3) is 1.86. The van der Waals surface area contributed by atoms with Gasteiger partial charge in [0, 0.05) is 12.0 Å². The van der Waals surface area contributed by atoms with Crippen molar-refractivity contribution < 1.29 is 4.79 Å². The van der Waals surface area contributed by atoms with E-state index < -0.39 is 0 Å². The van der Waals surface area contributed by atoms with Gasteiger partial charge in [0.15, 0.2) is 5.78 Å². The summed E-state index contributed by atoms with van der Waals surface area (Å²) in [6, 6.07) is 0. The number of hydrogen-bond acceptors (Lipinski definition) is 4. The van der Waals surface area contributed by atoms with Crippen LogP contribution in [0.15, 0.2) is 6.08 Å². The lowest BCUT2D eigenvalue weighted by Crippen LogP contribution is -1.94. The summed E-state index contributed by atoms with van der Waals surface area (Å²) in [7, 11) is 1.72. The smallest absolute Gasteiger partial charge is 0.201 e. The molecule has 0 amide bonds. The van der Waals surface area contributed by atoms with Crippen LogP contribution in [0.5, 0.6) is 0 Å². The Kier molecular flexibility index (Phi) is 2.39. The molecule has 0 bridgehead atoms. The maximum absolute atomic E-state index is 11.3. The first-order chi connectivity index (χ1) is 6.75. The topological polar surface area (TPSA) is 60.7 Å². The summed E-state index contributed by atoms with van der Waals surface area (Å²) in [4.78, 5) is 12.7. The molecular weight excluding hydrogens is 180 g/mol. The number of rotatable bonds is 1. The van der Waals surface area contributed by atoms with Crippen LogP contribution in [0, 0.1) is 0 Å². The number of tetrazole rings is 1. The molecule has 0 unspecified atom stereocenters.